The van der Waals surface area contributed by atoms with Crippen molar-refractivity contribution >= 4 is 23.2 Å². The molecule has 27 heavy (non-hydrogen) atoms. The second kappa shape index (κ2) is 8.82. The first-order valence-corrected chi connectivity index (χ1v) is 9.46. The molecule has 0 spiro atoms. The Morgan fingerprint density at radius 3 is 2.63 bits per heavy atom. The standard InChI is InChI=1S/C22H27N3O2/c1-16-10-11-17(2)20(13-16)24-21(26)15-25-12-6-7-18(14-25)22(27)23-19-8-4-3-5-9-19/h3-5,8-11,13,18H,6-7,12,14-15H2,1-2H3,(H,23,27)(H,24,26)/t18-/m1/s1. The predicted molar refractivity (Wildman–Crippen MR) is 109 cm³/mol. The number of amides is 2. The summed E-state index contributed by atoms with van der Waals surface area (Å²) in [5, 5.41) is 5.97. The van der Waals surface area contributed by atoms with Crippen LogP contribution in [0.1, 0.15) is 24.0 Å². The van der Waals surface area contributed by atoms with Crippen molar-refractivity contribution < 1.29 is 9.59 Å². The number of nitrogens with zero attached hydrogens (tertiary/aromatic N) is 1. The molecule has 3 rings (SSSR count). The lowest BCUT2D eigenvalue weighted by Crippen LogP contribution is -2.44. The van der Waals surface area contributed by atoms with E-state index >= 15 is 0 Å². The number of hydrogen-bond donors (Lipinski definition) is 2. The molecule has 2 aromatic carbocycles. The van der Waals surface area contributed by atoms with Crippen LogP contribution in [0.15, 0.2) is 48.5 Å². The zero-order chi connectivity index (χ0) is 19.2. The van der Waals surface area contributed by atoms with Crippen molar-refractivity contribution in [1.82, 2.24) is 4.90 Å². The van der Waals surface area contributed by atoms with E-state index in [1.54, 1.807) is 0 Å². The molecule has 1 heterocycles. The molecule has 0 aliphatic carbocycles. The van der Waals surface area contributed by atoms with E-state index in [2.05, 4.69) is 15.5 Å². The van der Waals surface area contributed by atoms with Crippen molar-refractivity contribution in [3.8, 4) is 0 Å². The van der Waals surface area contributed by atoms with Crippen LogP contribution >= 0.6 is 0 Å². The molecular weight excluding hydrogens is 338 g/mol. The van der Waals surface area contributed by atoms with E-state index in [1.165, 1.54) is 0 Å². The molecule has 1 aliphatic heterocycles. The molecule has 1 saturated heterocycles. The molecule has 0 radical (unpaired) electrons. The number of hydrogen-bond acceptors (Lipinski definition) is 3. The number of carbonyl (C=O) groups is 2. The first-order chi connectivity index (χ1) is 13.0. The number of anilines is 2. The highest BCUT2D eigenvalue weighted by atomic mass is 16.2. The van der Waals surface area contributed by atoms with Crippen LogP contribution in [-0.2, 0) is 9.59 Å². The van der Waals surface area contributed by atoms with Crippen molar-refractivity contribution in [2.45, 2.75) is 26.7 Å². The molecule has 1 aliphatic rings. The van der Waals surface area contributed by atoms with Crippen LogP contribution in [0.25, 0.3) is 0 Å². The molecule has 0 aromatic heterocycles. The summed E-state index contributed by atoms with van der Waals surface area (Å²) >= 11 is 0. The van der Waals surface area contributed by atoms with Crippen LogP contribution in [0.4, 0.5) is 11.4 Å². The lowest BCUT2D eigenvalue weighted by Gasteiger charge is -2.31. The second-order valence-electron chi connectivity index (χ2n) is 7.30. The summed E-state index contributed by atoms with van der Waals surface area (Å²) in [6.07, 6.45) is 1.78. The molecule has 5 heteroatoms. The molecule has 2 aromatic rings. The summed E-state index contributed by atoms with van der Waals surface area (Å²) in [4.78, 5) is 27.1. The molecule has 1 atom stereocenters. The van der Waals surface area contributed by atoms with Gasteiger partial charge in [0.1, 0.15) is 0 Å². The third kappa shape index (κ3) is 5.41. The highest BCUT2D eigenvalue weighted by Gasteiger charge is 2.27. The van der Waals surface area contributed by atoms with Gasteiger partial charge in [0.25, 0.3) is 0 Å². The van der Waals surface area contributed by atoms with E-state index in [1.807, 2.05) is 62.4 Å². The van der Waals surface area contributed by atoms with Crippen LogP contribution in [-0.4, -0.2) is 36.3 Å². The Bertz CT molecular complexity index is 804. The number of piperidine rings is 1. The fourth-order valence-electron chi connectivity index (χ4n) is 3.44. The molecule has 2 N–H and O–H groups in total. The quantitative estimate of drug-likeness (QED) is 0.851. The first kappa shape index (κ1) is 19.1. The molecule has 1 fully saturated rings. The summed E-state index contributed by atoms with van der Waals surface area (Å²) in [6, 6.07) is 15.5. The fraction of sp³-hybridized carbons (Fsp3) is 0.364. The lowest BCUT2D eigenvalue weighted by molar-refractivity contribution is -0.123. The minimum absolute atomic E-state index is 0.0286. The lowest BCUT2D eigenvalue weighted by atomic mass is 9.97. The Balaban J connectivity index is 1.54. The average Bonchev–Trinajstić information content (AvgIpc) is 2.65. The number of likely N-dealkylation sites (tertiary alicyclic amines) is 1. The van der Waals surface area contributed by atoms with Crippen LogP contribution in [0, 0.1) is 19.8 Å². The normalized spacial score (nSPS) is 17.3. The Labute approximate surface area is 160 Å². The van der Waals surface area contributed by atoms with Gasteiger partial charge in [-0.3, -0.25) is 14.5 Å². The number of nitrogens with one attached hydrogen (secondary N) is 2. The van der Waals surface area contributed by atoms with Crippen molar-refractivity contribution in [3.63, 3.8) is 0 Å². The van der Waals surface area contributed by atoms with Gasteiger partial charge in [-0.25, -0.2) is 0 Å². The van der Waals surface area contributed by atoms with E-state index in [-0.39, 0.29) is 17.7 Å². The van der Waals surface area contributed by atoms with Gasteiger partial charge in [0.05, 0.1) is 12.5 Å². The Hall–Kier alpha value is -2.66. The number of aryl methyl sites for hydroxylation is 2. The van der Waals surface area contributed by atoms with Crippen molar-refractivity contribution in [2.24, 2.45) is 5.92 Å². The van der Waals surface area contributed by atoms with Gasteiger partial charge >= 0.3 is 0 Å². The average molecular weight is 365 g/mol. The van der Waals surface area contributed by atoms with Crippen LogP contribution in [0.3, 0.4) is 0 Å². The maximum Gasteiger partial charge on any atom is 0.238 e. The van der Waals surface area contributed by atoms with Crippen LogP contribution < -0.4 is 10.6 Å². The van der Waals surface area contributed by atoms with Crippen molar-refractivity contribution in [3.05, 3.63) is 59.7 Å². The number of benzene rings is 2. The maximum absolute atomic E-state index is 12.5. The Kier molecular flexibility index (Phi) is 6.24. The van der Waals surface area contributed by atoms with Crippen molar-refractivity contribution in [2.75, 3.05) is 30.3 Å². The zero-order valence-corrected chi connectivity index (χ0v) is 16.0. The Morgan fingerprint density at radius 1 is 1.07 bits per heavy atom. The number of para-hydroxylation sites is 1. The minimum Gasteiger partial charge on any atom is -0.326 e. The molecule has 0 saturated carbocycles. The first-order valence-electron chi connectivity index (χ1n) is 9.46. The van der Waals surface area contributed by atoms with Crippen LogP contribution in [0.5, 0.6) is 0 Å². The minimum atomic E-state index is -0.0903. The number of carbonyl (C=O) groups excluding carboxylic acids is 2. The third-order valence-electron chi connectivity index (χ3n) is 4.95. The largest absolute Gasteiger partial charge is 0.326 e. The maximum atomic E-state index is 12.5. The summed E-state index contributed by atoms with van der Waals surface area (Å²) in [7, 11) is 0. The summed E-state index contributed by atoms with van der Waals surface area (Å²) in [5.74, 6) is -0.0962. The van der Waals surface area contributed by atoms with E-state index < -0.39 is 0 Å². The monoisotopic (exact) mass is 365 g/mol. The number of rotatable bonds is 5. The van der Waals surface area contributed by atoms with Crippen LogP contribution in [0.2, 0.25) is 0 Å². The third-order valence-corrected chi connectivity index (χ3v) is 4.95. The summed E-state index contributed by atoms with van der Waals surface area (Å²) in [5.41, 5.74) is 3.84. The topological polar surface area (TPSA) is 61.4 Å². The van der Waals surface area contributed by atoms with Gasteiger partial charge in [0, 0.05) is 17.9 Å². The van der Waals surface area contributed by atoms with Gasteiger partial charge < -0.3 is 10.6 Å². The van der Waals surface area contributed by atoms with Crippen molar-refractivity contribution in [1.29, 1.82) is 0 Å². The molecule has 0 bridgehead atoms. The van der Waals surface area contributed by atoms with E-state index in [9.17, 15) is 9.59 Å². The van der Waals surface area contributed by atoms with Gasteiger partial charge in [-0.2, -0.15) is 0 Å². The van der Waals surface area contributed by atoms with E-state index in [4.69, 9.17) is 0 Å². The van der Waals surface area contributed by atoms with Gasteiger partial charge in [-0.05, 0) is 62.6 Å². The second-order valence-corrected chi connectivity index (χ2v) is 7.30. The SMILES string of the molecule is Cc1ccc(C)c(NC(=O)CN2CCC[C@@H](C(=O)Nc3ccccc3)C2)c1. The molecule has 142 valence electrons. The predicted octanol–water partition coefficient (Wildman–Crippen LogP) is 3.59. The molecule has 0 unspecified atom stereocenters. The molecular formula is C22H27N3O2. The summed E-state index contributed by atoms with van der Waals surface area (Å²) in [6.45, 7) is 5.76. The van der Waals surface area contributed by atoms with Gasteiger partial charge in [0.15, 0.2) is 0 Å². The Morgan fingerprint density at radius 2 is 1.85 bits per heavy atom. The fourth-order valence-corrected chi connectivity index (χ4v) is 3.44. The van der Waals surface area contributed by atoms with Gasteiger partial charge in [-0.1, -0.05) is 30.3 Å². The smallest absolute Gasteiger partial charge is 0.238 e. The van der Waals surface area contributed by atoms with E-state index in [0.717, 1.165) is 41.9 Å². The molecule has 2 amide bonds. The van der Waals surface area contributed by atoms with Gasteiger partial charge in [-0.15, -0.1) is 0 Å². The highest BCUT2D eigenvalue weighted by Crippen LogP contribution is 2.20. The summed E-state index contributed by atoms with van der Waals surface area (Å²) < 4.78 is 0. The highest BCUT2D eigenvalue weighted by molar-refractivity contribution is 5.94. The van der Waals surface area contributed by atoms with E-state index in [0.29, 0.717) is 13.1 Å². The molecule has 5 nitrogen and oxygen atoms in total. The van der Waals surface area contributed by atoms with Gasteiger partial charge in [0.2, 0.25) is 11.8 Å². The zero-order valence-electron chi connectivity index (χ0n) is 16.0.